The van der Waals surface area contributed by atoms with Gasteiger partial charge in [-0.2, -0.15) is 13.2 Å². The van der Waals surface area contributed by atoms with Crippen molar-refractivity contribution in [1.82, 2.24) is 0 Å². The topological polar surface area (TPSA) is 55.1 Å². The van der Waals surface area contributed by atoms with E-state index < -0.39 is 34.8 Å². The van der Waals surface area contributed by atoms with E-state index in [1.54, 1.807) is 20.8 Å². The fourth-order valence-electron chi connectivity index (χ4n) is 1.48. The lowest BCUT2D eigenvalue weighted by Gasteiger charge is -2.26. The van der Waals surface area contributed by atoms with Crippen molar-refractivity contribution in [3.8, 4) is 0 Å². The van der Waals surface area contributed by atoms with Crippen LogP contribution in [0.4, 0.5) is 18.9 Å². The molecule has 0 aliphatic heterocycles. The van der Waals surface area contributed by atoms with E-state index in [4.69, 9.17) is 17.3 Å². The zero-order valence-corrected chi connectivity index (χ0v) is 12.1. The average molecular weight is 309 g/mol. The Bertz CT molecular complexity index is 509. The van der Waals surface area contributed by atoms with Gasteiger partial charge in [0.2, 0.25) is 5.91 Å². The van der Waals surface area contributed by atoms with Gasteiger partial charge in [0.15, 0.2) is 0 Å². The normalized spacial score (nSPS) is 14.0. The molecule has 20 heavy (non-hydrogen) atoms. The Morgan fingerprint density at radius 2 is 1.85 bits per heavy atom. The summed E-state index contributed by atoms with van der Waals surface area (Å²) in [6, 6.07) is 2.34. The summed E-state index contributed by atoms with van der Waals surface area (Å²) in [5.41, 5.74) is 3.67. The largest absolute Gasteiger partial charge is 0.418 e. The summed E-state index contributed by atoms with van der Waals surface area (Å²) >= 11 is 5.74. The Labute approximate surface area is 120 Å². The third-order valence-electron chi connectivity index (χ3n) is 2.78. The van der Waals surface area contributed by atoms with Gasteiger partial charge in [0.05, 0.1) is 22.3 Å². The van der Waals surface area contributed by atoms with Crippen LogP contribution in [0.5, 0.6) is 0 Å². The lowest BCUT2D eigenvalue weighted by atomic mass is 9.87. The number of anilines is 1. The molecule has 0 saturated heterocycles. The summed E-state index contributed by atoms with van der Waals surface area (Å²) in [6.45, 7) is 5.15. The maximum absolute atomic E-state index is 12.9. The van der Waals surface area contributed by atoms with Crippen LogP contribution in [-0.2, 0) is 11.0 Å². The quantitative estimate of drug-likeness (QED) is 0.876. The van der Waals surface area contributed by atoms with Crippen LogP contribution in [0.25, 0.3) is 0 Å². The van der Waals surface area contributed by atoms with E-state index in [1.165, 1.54) is 12.1 Å². The van der Waals surface area contributed by atoms with Gasteiger partial charge in [-0.25, -0.2) is 0 Å². The first-order chi connectivity index (χ1) is 8.94. The Balaban J connectivity index is 3.13. The fourth-order valence-corrected chi connectivity index (χ4v) is 1.70. The second kappa shape index (κ2) is 5.61. The van der Waals surface area contributed by atoms with E-state index in [0.29, 0.717) is 0 Å². The fraction of sp³-hybridized carbons (Fsp3) is 0.462. The van der Waals surface area contributed by atoms with Crippen LogP contribution < -0.4 is 11.1 Å². The number of nitrogens with two attached hydrogens (primary N) is 1. The van der Waals surface area contributed by atoms with Crippen molar-refractivity contribution in [1.29, 1.82) is 0 Å². The van der Waals surface area contributed by atoms with Crippen molar-refractivity contribution in [2.75, 3.05) is 5.32 Å². The van der Waals surface area contributed by atoms with Crippen LogP contribution in [0.3, 0.4) is 0 Å². The molecule has 0 aliphatic carbocycles. The first-order valence-corrected chi connectivity index (χ1v) is 6.24. The molecule has 0 saturated carbocycles. The van der Waals surface area contributed by atoms with E-state index in [9.17, 15) is 18.0 Å². The molecule has 112 valence electrons. The number of benzene rings is 1. The molecule has 0 aromatic heterocycles. The predicted octanol–water partition coefficient (Wildman–Crippen LogP) is 3.67. The van der Waals surface area contributed by atoms with E-state index in [2.05, 4.69) is 5.32 Å². The molecule has 0 fully saturated rings. The van der Waals surface area contributed by atoms with Crippen LogP contribution in [0.1, 0.15) is 26.3 Å². The molecule has 0 spiro atoms. The number of hydrogen-bond donors (Lipinski definition) is 2. The van der Waals surface area contributed by atoms with E-state index in [0.717, 1.165) is 6.07 Å². The summed E-state index contributed by atoms with van der Waals surface area (Å²) in [4.78, 5) is 11.9. The van der Waals surface area contributed by atoms with E-state index in [-0.39, 0.29) is 5.02 Å². The number of halogens is 4. The molecular weight excluding hydrogens is 293 g/mol. The molecule has 0 heterocycles. The maximum atomic E-state index is 12.9. The highest BCUT2D eigenvalue weighted by atomic mass is 35.5. The number of para-hydroxylation sites is 1. The average Bonchev–Trinajstić information content (AvgIpc) is 2.27. The lowest BCUT2D eigenvalue weighted by Crippen LogP contribution is -2.45. The Morgan fingerprint density at radius 3 is 2.30 bits per heavy atom. The van der Waals surface area contributed by atoms with Gasteiger partial charge in [-0.15, -0.1) is 0 Å². The van der Waals surface area contributed by atoms with Crippen LogP contribution in [0.15, 0.2) is 18.2 Å². The van der Waals surface area contributed by atoms with Crippen LogP contribution >= 0.6 is 11.6 Å². The second-order valence-electron chi connectivity index (χ2n) is 5.49. The van der Waals surface area contributed by atoms with Gasteiger partial charge < -0.3 is 11.1 Å². The van der Waals surface area contributed by atoms with Crippen molar-refractivity contribution < 1.29 is 18.0 Å². The molecule has 3 nitrogen and oxygen atoms in total. The summed E-state index contributed by atoms with van der Waals surface area (Å²) in [5.74, 6) is -0.712. The van der Waals surface area contributed by atoms with Crippen molar-refractivity contribution in [2.45, 2.75) is 33.0 Å². The van der Waals surface area contributed by atoms with Crippen molar-refractivity contribution in [2.24, 2.45) is 11.1 Å². The standard InChI is InChI=1S/C13H16ClF3N2O/c1-12(2,3)10(18)11(20)19-9-7(13(15,16)17)5-4-6-8(9)14/h4-6,10H,18H2,1-3H3,(H,19,20). The van der Waals surface area contributed by atoms with Gasteiger partial charge in [0, 0.05) is 0 Å². The maximum Gasteiger partial charge on any atom is 0.418 e. The molecule has 3 N–H and O–H groups in total. The van der Waals surface area contributed by atoms with Crippen molar-refractivity contribution in [3.05, 3.63) is 28.8 Å². The molecule has 1 aromatic rings. The zero-order valence-electron chi connectivity index (χ0n) is 11.3. The highest BCUT2D eigenvalue weighted by Gasteiger charge is 2.36. The summed E-state index contributed by atoms with van der Waals surface area (Å²) in [7, 11) is 0. The van der Waals surface area contributed by atoms with E-state index >= 15 is 0 Å². The lowest BCUT2D eigenvalue weighted by molar-refractivity contribution is -0.137. The number of hydrogen-bond acceptors (Lipinski definition) is 2. The summed E-state index contributed by atoms with van der Waals surface area (Å²) in [5, 5.41) is 1.99. The number of alkyl halides is 3. The van der Waals surface area contributed by atoms with Gasteiger partial charge in [0.25, 0.3) is 0 Å². The smallest absolute Gasteiger partial charge is 0.323 e. The molecule has 1 aromatic carbocycles. The van der Waals surface area contributed by atoms with Crippen LogP contribution in [0.2, 0.25) is 5.02 Å². The molecule has 1 rings (SSSR count). The Morgan fingerprint density at radius 1 is 1.30 bits per heavy atom. The van der Waals surface area contributed by atoms with Gasteiger partial charge in [0.1, 0.15) is 0 Å². The third kappa shape index (κ3) is 3.86. The van der Waals surface area contributed by atoms with Crippen molar-refractivity contribution in [3.63, 3.8) is 0 Å². The van der Waals surface area contributed by atoms with Crippen LogP contribution in [-0.4, -0.2) is 11.9 Å². The molecule has 0 aliphatic rings. The first kappa shape index (κ1) is 16.8. The zero-order chi connectivity index (χ0) is 15.7. The first-order valence-electron chi connectivity index (χ1n) is 5.86. The summed E-state index contributed by atoms with van der Waals surface area (Å²) in [6.07, 6.45) is -4.61. The highest BCUT2D eigenvalue weighted by Crippen LogP contribution is 2.38. The molecule has 1 amide bonds. The van der Waals surface area contributed by atoms with Gasteiger partial charge in [-0.05, 0) is 17.5 Å². The minimum Gasteiger partial charge on any atom is -0.323 e. The third-order valence-corrected chi connectivity index (χ3v) is 3.10. The Hall–Kier alpha value is -1.27. The minimum atomic E-state index is -4.61. The van der Waals surface area contributed by atoms with Gasteiger partial charge >= 0.3 is 6.18 Å². The molecule has 1 unspecified atom stereocenters. The molecule has 1 atom stereocenters. The number of amides is 1. The number of nitrogens with one attached hydrogen (secondary N) is 1. The summed E-state index contributed by atoms with van der Waals surface area (Å²) < 4.78 is 38.6. The van der Waals surface area contributed by atoms with Gasteiger partial charge in [-0.3, -0.25) is 4.79 Å². The van der Waals surface area contributed by atoms with E-state index in [1.807, 2.05) is 0 Å². The highest BCUT2D eigenvalue weighted by molar-refractivity contribution is 6.34. The van der Waals surface area contributed by atoms with Crippen LogP contribution in [0, 0.1) is 5.41 Å². The predicted molar refractivity (Wildman–Crippen MR) is 72.5 cm³/mol. The molecule has 0 radical (unpaired) electrons. The number of carbonyl (C=O) groups excluding carboxylic acids is 1. The molecule has 0 bridgehead atoms. The molecule has 7 heteroatoms. The monoisotopic (exact) mass is 308 g/mol. The van der Waals surface area contributed by atoms with Gasteiger partial charge in [-0.1, -0.05) is 38.4 Å². The molecular formula is C13H16ClF3N2O. The number of carbonyl (C=O) groups is 1. The SMILES string of the molecule is CC(C)(C)C(N)C(=O)Nc1c(Cl)cccc1C(F)(F)F. The van der Waals surface area contributed by atoms with Crippen molar-refractivity contribution >= 4 is 23.2 Å². The minimum absolute atomic E-state index is 0.186. The Kier molecular flexibility index (Phi) is 4.71. The number of rotatable bonds is 2. The second-order valence-corrected chi connectivity index (χ2v) is 5.90.